The molecular weight excluding hydrogens is 508 g/mol. The Kier molecular flexibility index (Phi) is 8.61. The summed E-state index contributed by atoms with van der Waals surface area (Å²) in [5, 5.41) is 8.82. The number of amides is 1. The quantitative estimate of drug-likeness (QED) is 0.137. The van der Waals surface area contributed by atoms with E-state index in [0.29, 0.717) is 30.9 Å². The second-order valence-corrected chi connectivity index (χ2v) is 9.63. The molecule has 200 valence electrons. The van der Waals surface area contributed by atoms with Gasteiger partial charge in [0.05, 0.1) is 42.1 Å². The minimum atomic E-state index is -0.666. The number of hydrogen-bond acceptors (Lipinski definition) is 12. The number of hydroxylamine groups is 1. The van der Waals surface area contributed by atoms with Crippen LogP contribution in [0, 0.1) is 0 Å². The third-order valence-corrected chi connectivity index (χ3v) is 7.48. The average molecular weight is 539 g/mol. The van der Waals surface area contributed by atoms with Crippen LogP contribution in [0.2, 0.25) is 0 Å². The Hall–Kier alpha value is -3.94. The molecule has 1 amide bonds. The standard InChI is InChI=1S/C25H30N8O4S/c1-15(6-7-20(26-3)36-5)22-29-18-12-19(38-21(18)23(30-22)33-8-10-37-11-9-33)16(2)32(4)25-27-13-17(14-28-25)24(34)31-35/h6-7,12-14,16,35H,3,8-11H2,1-2,4-5H3,(H,31,34)/b15-6+,20-7+. The normalized spacial score (nSPS) is 15.3. The van der Waals surface area contributed by atoms with Crippen molar-refractivity contribution < 1.29 is 19.5 Å². The summed E-state index contributed by atoms with van der Waals surface area (Å²) < 4.78 is 11.7. The summed E-state index contributed by atoms with van der Waals surface area (Å²) >= 11 is 1.63. The summed E-state index contributed by atoms with van der Waals surface area (Å²) in [7, 11) is 3.43. The van der Waals surface area contributed by atoms with Crippen molar-refractivity contribution in [3.8, 4) is 0 Å². The monoisotopic (exact) mass is 538 g/mol. The first kappa shape index (κ1) is 27.1. The molecule has 1 saturated heterocycles. The minimum absolute atomic E-state index is 0.0878. The first-order valence-electron chi connectivity index (χ1n) is 11.9. The van der Waals surface area contributed by atoms with E-state index in [2.05, 4.69) is 39.6 Å². The molecule has 3 aromatic heterocycles. The van der Waals surface area contributed by atoms with Crippen LogP contribution in [0.15, 0.2) is 41.5 Å². The highest BCUT2D eigenvalue weighted by Crippen LogP contribution is 2.37. The lowest BCUT2D eigenvalue weighted by atomic mass is 10.2. The lowest BCUT2D eigenvalue weighted by molar-refractivity contribution is 0.0705. The van der Waals surface area contributed by atoms with Crippen molar-refractivity contribution in [2.24, 2.45) is 4.99 Å². The molecular formula is C25H30N8O4S. The molecule has 3 aromatic rings. The van der Waals surface area contributed by atoms with E-state index < -0.39 is 5.91 Å². The number of carbonyl (C=O) groups is 1. The molecule has 4 heterocycles. The van der Waals surface area contributed by atoms with Crippen molar-refractivity contribution in [3.05, 3.63) is 52.8 Å². The molecule has 0 bridgehead atoms. The van der Waals surface area contributed by atoms with E-state index >= 15 is 0 Å². The van der Waals surface area contributed by atoms with E-state index in [0.717, 1.165) is 39.6 Å². The summed E-state index contributed by atoms with van der Waals surface area (Å²) in [5.74, 6) is 1.67. The summed E-state index contributed by atoms with van der Waals surface area (Å²) in [6.45, 7) is 10.3. The Morgan fingerprint density at radius 2 is 2.03 bits per heavy atom. The van der Waals surface area contributed by atoms with Crippen LogP contribution >= 0.6 is 11.3 Å². The molecule has 1 atom stereocenters. The predicted octanol–water partition coefficient (Wildman–Crippen LogP) is 3.23. The highest BCUT2D eigenvalue weighted by molar-refractivity contribution is 7.19. The number of carbonyl (C=O) groups excluding carboxylic acids is 1. The number of allylic oxidation sites excluding steroid dienone is 3. The highest BCUT2D eigenvalue weighted by atomic mass is 32.1. The van der Waals surface area contributed by atoms with Crippen LogP contribution in [0.25, 0.3) is 15.8 Å². The van der Waals surface area contributed by atoms with E-state index in [1.165, 1.54) is 12.4 Å². The summed E-state index contributed by atoms with van der Waals surface area (Å²) in [6, 6.07) is 1.98. The van der Waals surface area contributed by atoms with Crippen molar-refractivity contribution >= 4 is 51.5 Å². The van der Waals surface area contributed by atoms with Crippen molar-refractivity contribution in [1.29, 1.82) is 0 Å². The van der Waals surface area contributed by atoms with E-state index in [-0.39, 0.29) is 11.6 Å². The number of thiophene rings is 1. The number of methoxy groups -OCH3 is 1. The van der Waals surface area contributed by atoms with Gasteiger partial charge in [-0.3, -0.25) is 10.0 Å². The molecule has 4 rings (SSSR count). The van der Waals surface area contributed by atoms with Crippen LogP contribution in [-0.4, -0.2) is 78.2 Å². The smallest absolute Gasteiger partial charge is 0.277 e. The second-order valence-electron chi connectivity index (χ2n) is 8.55. The van der Waals surface area contributed by atoms with Gasteiger partial charge in [-0.05, 0) is 32.2 Å². The molecule has 1 aliphatic rings. The largest absolute Gasteiger partial charge is 0.481 e. The van der Waals surface area contributed by atoms with Gasteiger partial charge in [0.15, 0.2) is 11.6 Å². The number of fused-ring (bicyclic) bond motifs is 1. The first-order chi connectivity index (χ1) is 18.4. The lowest BCUT2D eigenvalue weighted by Crippen LogP contribution is -2.37. The van der Waals surface area contributed by atoms with Crippen molar-refractivity contribution in [3.63, 3.8) is 0 Å². The number of anilines is 2. The third kappa shape index (κ3) is 5.79. The number of nitrogens with zero attached hydrogens (tertiary/aromatic N) is 7. The number of aromatic nitrogens is 4. The zero-order valence-corrected chi connectivity index (χ0v) is 22.5. The zero-order chi connectivity index (χ0) is 27.2. The molecule has 1 fully saturated rings. The Labute approximate surface area is 224 Å². The molecule has 1 aliphatic heterocycles. The second kappa shape index (κ2) is 12.1. The van der Waals surface area contributed by atoms with Crippen molar-refractivity contribution in [1.82, 2.24) is 25.4 Å². The fourth-order valence-electron chi connectivity index (χ4n) is 3.81. The highest BCUT2D eigenvalue weighted by Gasteiger charge is 2.23. The SMILES string of the molecule is C=N/C(=C\C=C(/C)c1nc(N2CCOCC2)c2sc(C(C)N(C)c3ncc(C(=O)NO)cn3)cc2n1)OC. The first-order valence-corrected chi connectivity index (χ1v) is 12.7. The van der Waals surface area contributed by atoms with Crippen LogP contribution in [-0.2, 0) is 9.47 Å². The van der Waals surface area contributed by atoms with E-state index in [4.69, 9.17) is 24.6 Å². The molecule has 0 aliphatic carbocycles. The number of hydrogen-bond donors (Lipinski definition) is 2. The van der Waals surface area contributed by atoms with Gasteiger partial charge in [-0.25, -0.2) is 30.4 Å². The number of ether oxygens (including phenoxy) is 2. The van der Waals surface area contributed by atoms with E-state index in [1.54, 1.807) is 30.0 Å². The molecule has 2 N–H and O–H groups in total. The van der Waals surface area contributed by atoms with Gasteiger partial charge in [-0.15, -0.1) is 11.3 Å². The molecule has 0 radical (unpaired) electrons. The molecule has 0 saturated carbocycles. The topological polar surface area (TPSA) is 138 Å². The summed E-state index contributed by atoms with van der Waals surface area (Å²) in [5.41, 5.74) is 3.45. The van der Waals surface area contributed by atoms with Crippen LogP contribution in [0.3, 0.4) is 0 Å². The van der Waals surface area contributed by atoms with Crippen LogP contribution in [0.4, 0.5) is 11.8 Å². The molecule has 13 heteroatoms. The van der Waals surface area contributed by atoms with Gasteiger partial charge in [-0.2, -0.15) is 0 Å². The maximum atomic E-state index is 11.6. The van der Waals surface area contributed by atoms with Gasteiger partial charge >= 0.3 is 0 Å². The van der Waals surface area contributed by atoms with Gasteiger partial charge < -0.3 is 19.3 Å². The predicted molar refractivity (Wildman–Crippen MR) is 147 cm³/mol. The zero-order valence-electron chi connectivity index (χ0n) is 21.7. The lowest BCUT2D eigenvalue weighted by Gasteiger charge is -2.28. The number of morpholine rings is 1. The fourth-order valence-corrected chi connectivity index (χ4v) is 5.02. The van der Waals surface area contributed by atoms with Gasteiger partial charge in [0.25, 0.3) is 5.91 Å². The molecule has 0 aromatic carbocycles. The minimum Gasteiger partial charge on any atom is -0.481 e. The van der Waals surface area contributed by atoms with Crippen LogP contribution < -0.4 is 15.3 Å². The number of rotatable bonds is 9. The Morgan fingerprint density at radius 1 is 1.32 bits per heavy atom. The van der Waals surface area contributed by atoms with Crippen LogP contribution in [0.1, 0.15) is 40.9 Å². The van der Waals surface area contributed by atoms with E-state index in [1.807, 2.05) is 24.9 Å². The van der Waals surface area contributed by atoms with Crippen LogP contribution in [0.5, 0.6) is 0 Å². The van der Waals surface area contributed by atoms with Gasteiger partial charge in [-0.1, -0.05) is 6.08 Å². The maximum Gasteiger partial charge on any atom is 0.277 e. The third-order valence-electron chi connectivity index (χ3n) is 6.19. The maximum absolute atomic E-state index is 11.6. The van der Waals surface area contributed by atoms with Crippen molar-refractivity contribution in [2.75, 3.05) is 50.3 Å². The van der Waals surface area contributed by atoms with E-state index in [9.17, 15) is 4.79 Å². The molecule has 0 spiro atoms. The molecule has 1 unspecified atom stereocenters. The molecule has 12 nitrogen and oxygen atoms in total. The summed E-state index contributed by atoms with van der Waals surface area (Å²) in [4.78, 5) is 39.0. The number of aliphatic imine (C=N–C) groups is 1. The molecule has 38 heavy (non-hydrogen) atoms. The van der Waals surface area contributed by atoms with Gasteiger partial charge in [0.1, 0.15) is 0 Å². The number of nitrogens with one attached hydrogen (secondary N) is 1. The Bertz CT molecular complexity index is 1370. The Morgan fingerprint density at radius 3 is 2.66 bits per heavy atom. The van der Waals surface area contributed by atoms with Gasteiger partial charge in [0.2, 0.25) is 11.8 Å². The Balaban J connectivity index is 1.71. The fraction of sp³-hybridized carbons (Fsp3) is 0.360. The summed E-state index contributed by atoms with van der Waals surface area (Å²) in [6.07, 6.45) is 6.34. The average Bonchev–Trinajstić information content (AvgIpc) is 3.40. The van der Waals surface area contributed by atoms with Gasteiger partial charge in [0, 0.05) is 43.5 Å². The van der Waals surface area contributed by atoms with Crippen molar-refractivity contribution in [2.45, 2.75) is 19.9 Å².